The van der Waals surface area contributed by atoms with E-state index in [2.05, 4.69) is 13.8 Å². The fourth-order valence-electron chi connectivity index (χ4n) is 1.43. The molecule has 0 spiro atoms. The fraction of sp³-hybridized carbons (Fsp3) is 0.889. The molecule has 1 saturated carbocycles. The van der Waals surface area contributed by atoms with Crippen molar-refractivity contribution in [2.75, 3.05) is 0 Å². The summed E-state index contributed by atoms with van der Waals surface area (Å²) in [7, 11) is 0. The molecule has 0 aliphatic heterocycles. The summed E-state index contributed by atoms with van der Waals surface area (Å²) in [5.74, 6) is 2.04. The molecule has 64 valence electrons. The van der Waals surface area contributed by atoms with Crippen LogP contribution >= 0.6 is 0 Å². The number of hydrogen-bond donors (Lipinski definition) is 0. The first kappa shape index (κ1) is 10.4. The van der Waals surface area contributed by atoms with Gasteiger partial charge in [0.2, 0.25) is 0 Å². The van der Waals surface area contributed by atoms with E-state index >= 15 is 0 Å². The maximum absolute atomic E-state index is 8.12. The van der Waals surface area contributed by atoms with Crippen LogP contribution in [0, 0.1) is 11.8 Å². The summed E-state index contributed by atoms with van der Waals surface area (Å²) in [6.07, 6.45) is 6.14. The molecule has 0 aromatic rings. The molecule has 1 aliphatic rings. The number of hydrogen-bond acceptors (Lipinski definition) is 2. The Balaban J connectivity index is 0.000000292. The first-order chi connectivity index (χ1) is 5.20. The van der Waals surface area contributed by atoms with Gasteiger partial charge in [-0.3, -0.25) is 0 Å². The van der Waals surface area contributed by atoms with Crippen LogP contribution in [0.3, 0.4) is 0 Å². The molecular formula is C9H16O2. The summed E-state index contributed by atoms with van der Waals surface area (Å²) in [6, 6.07) is 0. The van der Waals surface area contributed by atoms with Gasteiger partial charge in [0.1, 0.15) is 0 Å². The summed E-state index contributed by atoms with van der Waals surface area (Å²) in [5.41, 5.74) is 0. The minimum absolute atomic E-state index is 0.250. The summed E-state index contributed by atoms with van der Waals surface area (Å²) in [5, 5.41) is 0. The van der Waals surface area contributed by atoms with Crippen LogP contribution in [0.15, 0.2) is 0 Å². The molecule has 0 bridgehead atoms. The molecule has 2 heteroatoms. The van der Waals surface area contributed by atoms with Crippen LogP contribution in [0.25, 0.3) is 0 Å². The highest BCUT2D eigenvalue weighted by Gasteiger charge is 2.13. The van der Waals surface area contributed by atoms with Crippen LogP contribution < -0.4 is 0 Å². The van der Waals surface area contributed by atoms with Gasteiger partial charge in [-0.25, -0.2) is 0 Å². The highest BCUT2D eigenvalue weighted by atomic mass is 16.2. The van der Waals surface area contributed by atoms with Gasteiger partial charge >= 0.3 is 6.15 Å². The molecule has 0 radical (unpaired) electrons. The van der Waals surface area contributed by atoms with Gasteiger partial charge in [-0.15, -0.1) is 0 Å². The molecule has 0 unspecified atom stereocenters. The van der Waals surface area contributed by atoms with E-state index in [1.807, 2.05) is 0 Å². The fourth-order valence-corrected chi connectivity index (χ4v) is 1.43. The van der Waals surface area contributed by atoms with E-state index in [0.717, 1.165) is 11.8 Å². The highest BCUT2D eigenvalue weighted by Crippen LogP contribution is 2.27. The molecular weight excluding hydrogens is 140 g/mol. The maximum atomic E-state index is 8.12. The van der Waals surface area contributed by atoms with E-state index in [1.54, 1.807) is 0 Å². The zero-order chi connectivity index (χ0) is 8.69. The Morgan fingerprint density at radius 1 is 0.909 bits per heavy atom. The molecule has 1 rings (SSSR count). The van der Waals surface area contributed by atoms with E-state index in [4.69, 9.17) is 9.59 Å². The lowest BCUT2D eigenvalue weighted by Crippen LogP contribution is -2.08. The van der Waals surface area contributed by atoms with Crippen LogP contribution in [0.4, 0.5) is 0 Å². The second-order valence-electron chi connectivity index (χ2n) is 3.45. The van der Waals surface area contributed by atoms with Crippen molar-refractivity contribution in [1.82, 2.24) is 0 Å². The zero-order valence-electron chi connectivity index (χ0n) is 7.30. The molecule has 0 heterocycles. The topological polar surface area (TPSA) is 34.1 Å². The van der Waals surface area contributed by atoms with Crippen molar-refractivity contribution in [2.24, 2.45) is 11.8 Å². The second kappa shape index (κ2) is 6.11. The van der Waals surface area contributed by atoms with E-state index in [1.165, 1.54) is 25.7 Å². The first-order valence-corrected chi connectivity index (χ1v) is 4.20. The molecule has 11 heavy (non-hydrogen) atoms. The molecule has 0 aromatic heterocycles. The molecule has 0 aromatic carbocycles. The summed E-state index contributed by atoms with van der Waals surface area (Å²) >= 11 is 0. The molecule has 2 nitrogen and oxygen atoms in total. The molecule has 1 fully saturated rings. The van der Waals surface area contributed by atoms with Crippen molar-refractivity contribution >= 4 is 6.15 Å². The third kappa shape index (κ3) is 5.81. The van der Waals surface area contributed by atoms with Gasteiger partial charge in [0.05, 0.1) is 0 Å². The van der Waals surface area contributed by atoms with Gasteiger partial charge in [0.15, 0.2) is 0 Å². The van der Waals surface area contributed by atoms with Crippen LogP contribution in [0.2, 0.25) is 0 Å². The van der Waals surface area contributed by atoms with Crippen molar-refractivity contribution in [3.8, 4) is 0 Å². The minimum atomic E-state index is 0.250. The van der Waals surface area contributed by atoms with Crippen LogP contribution in [-0.4, -0.2) is 6.15 Å². The summed E-state index contributed by atoms with van der Waals surface area (Å²) in [6.45, 7) is 4.73. The van der Waals surface area contributed by atoms with Crippen molar-refractivity contribution < 1.29 is 9.59 Å². The van der Waals surface area contributed by atoms with Gasteiger partial charge in [0, 0.05) is 0 Å². The maximum Gasteiger partial charge on any atom is 0.373 e. The van der Waals surface area contributed by atoms with Crippen LogP contribution in [-0.2, 0) is 9.59 Å². The molecule has 1 aliphatic carbocycles. The van der Waals surface area contributed by atoms with Gasteiger partial charge in [-0.05, 0) is 11.8 Å². The smallest absolute Gasteiger partial charge is 0.186 e. The molecule has 0 saturated heterocycles. The normalized spacial score (nSPS) is 29.6. The highest BCUT2D eigenvalue weighted by molar-refractivity contribution is 5.20. The van der Waals surface area contributed by atoms with E-state index in [0.29, 0.717) is 0 Å². The van der Waals surface area contributed by atoms with E-state index < -0.39 is 0 Å². The van der Waals surface area contributed by atoms with Crippen molar-refractivity contribution in [2.45, 2.75) is 39.5 Å². The Morgan fingerprint density at radius 3 is 1.27 bits per heavy atom. The predicted molar refractivity (Wildman–Crippen MR) is 41.8 cm³/mol. The van der Waals surface area contributed by atoms with Gasteiger partial charge in [-0.1, -0.05) is 39.5 Å². The standard InChI is InChI=1S/C8H16.CO2/c1-7-3-5-8(2)6-4-7;2-1-3/h7-8H,3-6H2,1-2H3;. The second-order valence-corrected chi connectivity index (χ2v) is 3.45. The Morgan fingerprint density at radius 2 is 1.09 bits per heavy atom. The molecule has 0 atom stereocenters. The third-order valence-corrected chi connectivity index (χ3v) is 2.30. The van der Waals surface area contributed by atoms with Crippen molar-refractivity contribution in [3.05, 3.63) is 0 Å². The quantitative estimate of drug-likeness (QED) is 0.539. The Hall–Kier alpha value is -0.620. The average Bonchev–Trinajstić information content (AvgIpc) is 1.97. The van der Waals surface area contributed by atoms with Gasteiger partial charge in [0.25, 0.3) is 0 Å². The Bertz CT molecular complexity index is 108. The third-order valence-electron chi connectivity index (χ3n) is 2.30. The van der Waals surface area contributed by atoms with Crippen LogP contribution in [0.1, 0.15) is 39.5 Å². The van der Waals surface area contributed by atoms with E-state index in [-0.39, 0.29) is 6.15 Å². The van der Waals surface area contributed by atoms with Gasteiger partial charge in [-0.2, -0.15) is 9.59 Å². The van der Waals surface area contributed by atoms with Crippen molar-refractivity contribution in [1.29, 1.82) is 0 Å². The Labute approximate surface area is 68.0 Å². The number of carbonyl (C=O) groups excluding carboxylic acids is 2. The monoisotopic (exact) mass is 156 g/mol. The number of rotatable bonds is 0. The minimum Gasteiger partial charge on any atom is -0.186 e. The average molecular weight is 156 g/mol. The van der Waals surface area contributed by atoms with Crippen LogP contribution in [0.5, 0.6) is 0 Å². The lowest BCUT2D eigenvalue weighted by atomic mass is 9.84. The lowest BCUT2D eigenvalue weighted by molar-refractivity contribution is -0.191. The van der Waals surface area contributed by atoms with E-state index in [9.17, 15) is 0 Å². The lowest BCUT2D eigenvalue weighted by Gasteiger charge is -2.22. The largest absolute Gasteiger partial charge is 0.373 e. The molecule has 0 amide bonds. The zero-order valence-corrected chi connectivity index (χ0v) is 7.30. The van der Waals surface area contributed by atoms with Crippen molar-refractivity contribution in [3.63, 3.8) is 0 Å². The first-order valence-electron chi connectivity index (χ1n) is 4.20. The SMILES string of the molecule is CC1CCC(C)CC1.O=C=O. The summed E-state index contributed by atoms with van der Waals surface area (Å²) < 4.78 is 0. The Kier molecular flexibility index (Phi) is 5.77. The predicted octanol–water partition coefficient (Wildman–Crippen LogP) is 2.25. The summed E-state index contributed by atoms with van der Waals surface area (Å²) in [4.78, 5) is 16.2. The van der Waals surface area contributed by atoms with Gasteiger partial charge < -0.3 is 0 Å². The molecule has 0 N–H and O–H groups in total.